The largest absolute Gasteiger partial charge is 0.459 e. The fourth-order valence-corrected chi connectivity index (χ4v) is 5.37. The summed E-state index contributed by atoms with van der Waals surface area (Å²) >= 11 is 0. The van der Waals surface area contributed by atoms with Crippen LogP contribution in [0.2, 0.25) is 0 Å². The van der Waals surface area contributed by atoms with Gasteiger partial charge in [-0.3, -0.25) is 14.5 Å². The SMILES string of the molecule is CC(C)C(=O)N1CCC(N2CCC[C@]3(CCN(C(=O)c4ccco4)C3)C2)CC1. The van der Waals surface area contributed by atoms with Crippen molar-refractivity contribution in [3.8, 4) is 0 Å². The number of piperidine rings is 2. The van der Waals surface area contributed by atoms with Gasteiger partial charge in [-0.15, -0.1) is 0 Å². The van der Waals surface area contributed by atoms with E-state index in [1.807, 2.05) is 23.6 Å². The van der Waals surface area contributed by atoms with Gasteiger partial charge in [-0.2, -0.15) is 0 Å². The molecule has 1 aromatic heterocycles. The number of amides is 2. The van der Waals surface area contributed by atoms with Gasteiger partial charge < -0.3 is 14.2 Å². The molecule has 0 aliphatic carbocycles. The van der Waals surface area contributed by atoms with Crippen LogP contribution in [0.3, 0.4) is 0 Å². The van der Waals surface area contributed by atoms with Gasteiger partial charge >= 0.3 is 0 Å². The third-order valence-electron chi connectivity index (χ3n) is 6.93. The van der Waals surface area contributed by atoms with E-state index < -0.39 is 0 Å². The third-order valence-corrected chi connectivity index (χ3v) is 6.93. The summed E-state index contributed by atoms with van der Waals surface area (Å²) in [4.78, 5) is 31.6. The van der Waals surface area contributed by atoms with Crippen LogP contribution in [0.15, 0.2) is 22.8 Å². The quantitative estimate of drug-likeness (QED) is 0.800. The lowest BCUT2D eigenvalue weighted by Crippen LogP contribution is -2.53. The molecule has 0 unspecified atom stereocenters. The van der Waals surface area contributed by atoms with Gasteiger partial charge in [-0.05, 0) is 50.8 Å². The van der Waals surface area contributed by atoms with Crippen molar-refractivity contribution in [1.82, 2.24) is 14.7 Å². The molecule has 4 rings (SSSR count). The summed E-state index contributed by atoms with van der Waals surface area (Å²) in [7, 11) is 0. The first-order valence-electron chi connectivity index (χ1n) is 10.8. The van der Waals surface area contributed by atoms with E-state index in [4.69, 9.17) is 4.42 Å². The molecule has 3 aliphatic heterocycles. The zero-order valence-electron chi connectivity index (χ0n) is 17.2. The molecular formula is C22H33N3O3. The second-order valence-corrected chi connectivity index (χ2v) is 9.24. The molecule has 1 aromatic rings. The van der Waals surface area contributed by atoms with Crippen LogP contribution in [0.1, 0.15) is 56.5 Å². The number of hydrogen-bond acceptors (Lipinski definition) is 4. The Hall–Kier alpha value is -1.82. The smallest absolute Gasteiger partial charge is 0.289 e. The van der Waals surface area contributed by atoms with Crippen molar-refractivity contribution in [2.75, 3.05) is 39.3 Å². The van der Waals surface area contributed by atoms with Crippen LogP contribution < -0.4 is 0 Å². The predicted octanol–water partition coefficient (Wildman–Crippen LogP) is 2.85. The first kappa shape index (κ1) is 19.5. The Kier molecular flexibility index (Phi) is 5.50. The maximum absolute atomic E-state index is 12.7. The highest BCUT2D eigenvalue weighted by atomic mass is 16.3. The molecule has 28 heavy (non-hydrogen) atoms. The van der Waals surface area contributed by atoms with E-state index in [1.54, 1.807) is 18.4 Å². The second kappa shape index (κ2) is 7.90. The normalized spacial score (nSPS) is 27.1. The molecule has 3 aliphatic rings. The number of carbonyl (C=O) groups is 2. The maximum atomic E-state index is 12.7. The van der Waals surface area contributed by atoms with E-state index >= 15 is 0 Å². The Morgan fingerprint density at radius 1 is 1.07 bits per heavy atom. The standard InChI is InChI=1S/C22H33N3O3/c1-17(2)20(26)23-11-6-18(7-12-23)24-10-4-8-22(15-24)9-13-25(16-22)21(27)19-5-3-14-28-19/h3,5,14,17-18H,4,6-13,15-16H2,1-2H3/t22-/m0/s1. The molecule has 0 aromatic carbocycles. The summed E-state index contributed by atoms with van der Waals surface area (Å²) < 4.78 is 5.31. The van der Waals surface area contributed by atoms with Gasteiger partial charge in [0, 0.05) is 50.1 Å². The van der Waals surface area contributed by atoms with Crippen molar-refractivity contribution in [2.24, 2.45) is 11.3 Å². The number of rotatable bonds is 3. The Balaban J connectivity index is 1.34. The first-order chi connectivity index (χ1) is 13.5. The van der Waals surface area contributed by atoms with Crippen molar-refractivity contribution >= 4 is 11.8 Å². The Bertz CT molecular complexity index is 694. The van der Waals surface area contributed by atoms with Crippen LogP contribution in [0.25, 0.3) is 0 Å². The molecule has 2 amide bonds. The highest BCUT2D eigenvalue weighted by molar-refractivity contribution is 5.91. The van der Waals surface area contributed by atoms with Gasteiger partial charge in [0.05, 0.1) is 6.26 Å². The van der Waals surface area contributed by atoms with Crippen LogP contribution in [0, 0.1) is 11.3 Å². The van der Waals surface area contributed by atoms with Gasteiger partial charge in [0.1, 0.15) is 0 Å². The zero-order chi connectivity index (χ0) is 19.7. The molecule has 6 heteroatoms. The second-order valence-electron chi connectivity index (χ2n) is 9.24. The number of hydrogen-bond donors (Lipinski definition) is 0. The molecule has 1 atom stereocenters. The van der Waals surface area contributed by atoms with Gasteiger partial charge in [-0.25, -0.2) is 0 Å². The van der Waals surface area contributed by atoms with E-state index in [9.17, 15) is 9.59 Å². The van der Waals surface area contributed by atoms with Crippen molar-refractivity contribution in [3.63, 3.8) is 0 Å². The molecule has 1 spiro atoms. The van der Waals surface area contributed by atoms with Crippen molar-refractivity contribution < 1.29 is 14.0 Å². The van der Waals surface area contributed by atoms with E-state index in [-0.39, 0.29) is 23.1 Å². The average Bonchev–Trinajstić information content (AvgIpc) is 3.38. The van der Waals surface area contributed by atoms with Crippen LogP contribution in [0.5, 0.6) is 0 Å². The summed E-state index contributed by atoms with van der Waals surface area (Å²) in [5.41, 5.74) is 0.228. The number of nitrogens with zero attached hydrogens (tertiary/aromatic N) is 3. The monoisotopic (exact) mass is 387 g/mol. The average molecular weight is 388 g/mol. The van der Waals surface area contributed by atoms with E-state index in [1.165, 1.54) is 12.8 Å². The third kappa shape index (κ3) is 3.84. The maximum Gasteiger partial charge on any atom is 0.289 e. The minimum Gasteiger partial charge on any atom is -0.459 e. The molecular weight excluding hydrogens is 354 g/mol. The van der Waals surface area contributed by atoms with E-state index in [0.717, 1.165) is 58.5 Å². The summed E-state index contributed by atoms with van der Waals surface area (Å²) in [5, 5.41) is 0. The van der Waals surface area contributed by atoms with Crippen LogP contribution in [0.4, 0.5) is 0 Å². The molecule has 154 valence electrons. The predicted molar refractivity (Wildman–Crippen MR) is 107 cm³/mol. The van der Waals surface area contributed by atoms with Gasteiger partial charge in [0.25, 0.3) is 5.91 Å². The summed E-state index contributed by atoms with van der Waals surface area (Å²) in [5.74, 6) is 0.855. The van der Waals surface area contributed by atoms with Crippen LogP contribution in [-0.4, -0.2) is 71.8 Å². The van der Waals surface area contributed by atoms with Gasteiger partial charge in [0.15, 0.2) is 5.76 Å². The first-order valence-corrected chi connectivity index (χ1v) is 10.8. The number of carbonyl (C=O) groups excluding carboxylic acids is 2. The van der Waals surface area contributed by atoms with E-state index in [2.05, 4.69) is 4.90 Å². The minimum absolute atomic E-state index is 0.0273. The van der Waals surface area contributed by atoms with E-state index in [0.29, 0.717) is 11.8 Å². The lowest BCUT2D eigenvalue weighted by Gasteiger charge is -2.46. The number of likely N-dealkylation sites (tertiary alicyclic amines) is 3. The molecule has 6 nitrogen and oxygen atoms in total. The highest BCUT2D eigenvalue weighted by Crippen LogP contribution is 2.40. The summed E-state index contributed by atoms with van der Waals surface area (Å²) in [6.07, 6.45) is 7.20. The van der Waals surface area contributed by atoms with Crippen molar-refractivity contribution in [1.29, 1.82) is 0 Å². The molecule has 0 saturated carbocycles. The summed E-state index contributed by atoms with van der Waals surface area (Å²) in [6, 6.07) is 4.10. The molecule has 0 radical (unpaired) electrons. The van der Waals surface area contributed by atoms with Crippen molar-refractivity contribution in [2.45, 2.75) is 52.0 Å². The highest BCUT2D eigenvalue weighted by Gasteiger charge is 2.44. The molecule has 0 bridgehead atoms. The topological polar surface area (TPSA) is 57.0 Å². The molecule has 0 N–H and O–H groups in total. The van der Waals surface area contributed by atoms with Crippen LogP contribution in [-0.2, 0) is 4.79 Å². The summed E-state index contributed by atoms with van der Waals surface area (Å²) in [6.45, 7) is 9.64. The van der Waals surface area contributed by atoms with Gasteiger partial charge in [-0.1, -0.05) is 13.8 Å². The fraction of sp³-hybridized carbons (Fsp3) is 0.727. The minimum atomic E-state index is 0.0273. The Labute approximate surface area is 167 Å². The zero-order valence-corrected chi connectivity index (χ0v) is 17.2. The molecule has 3 fully saturated rings. The van der Waals surface area contributed by atoms with Crippen molar-refractivity contribution in [3.05, 3.63) is 24.2 Å². The van der Waals surface area contributed by atoms with Gasteiger partial charge in [0.2, 0.25) is 5.91 Å². The molecule has 3 saturated heterocycles. The molecule has 4 heterocycles. The van der Waals surface area contributed by atoms with Crippen LogP contribution >= 0.6 is 0 Å². The lowest BCUT2D eigenvalue weighted by molar-refractivity contribution is -0.136. The Morgan fingerprint density at radius 2 is 1.86 bits per heavy atom. The fourth-order valence-electron chi connectivity index (χ4n) is 5.37. The lowest BCUT2D eigenvalue weighted by atomic mass is 9.78. The number of furan rings is 1. The Morgan fingerprint density at radius 3 is 2.54 bits per heavy atom.